The largest absolute Gasteiger partial charge is 0.0670 e. The van der Waals surface area contributed by atoms with E-state index in [-0.39, 0.29) is 0 Å². The van der Waals surface area contributed by atoms with Crippen molar-refractivity contribution in [2.24, 2.45) is 22.2 Å². The van der Waals surface area contributed by atoms with Gasteiger partial charge in [0.25, 0.3) is 0 Å². The Labute approximate surface area is 153 Å². The molecule has 0 aromatic heterocycles. The fourth-order valence-electron chi connectivity index (χ4n) is 8.02. The first kappa shape index (κ1) is 21.8. The van der Waals surface area contributed by atoms with Crippen LogP contribution < -0.4 is 0 Å². The average Bonchev–Trinajstić information content (AvgIpc) is 2.64. The standard InChI is InChI=1S/C24H46/c1-10-19-20(11-2)22(13-4,14-5)24(17-8,18-9)23(15-6,16-7)21(19)12-3/h20H,10-18H2,1-9H3. The minimum absolute atomic E-state index is 0.411. The Balaban J connectivity index is 4.02. The molecule has 0 N–H and O–H groups in total. The third-order valence-corrected chi connectivity index (χ3v) is 8.74. The summed E-state index contributed by atoms with van der Waals surface area (Å²) in [6.45, 7) is 22.3. The van der Waals surface area contributed by atoms with Gasteiger partial charge in [-0.1, -0.05) is 73.5 Å². The molecule has 0 saturated carbocycles. The third kappa shape index (κ3) is 2.45. The second kappa shape index (κ2) is 8.41. The molecule has 0 aromatic carbocycles. The van der Waals surface area contributed by atoms with E-state index in [1.54, 1.807) is 0 Å². The van der Waals surface area contributed by atoms with E-state index in [4.69, 9.17) is 0 Å². The second-order valence-electron chi connectivity index (χ2n) is 8.11. The Kier molecular flexibility index (Phi) is 7.64. The van der Waals surface area contributed by atoms with E-state index in [1.807, 2.05) is 11.1 Å². The van der Waals surface area contributed by atoms with Gasteiger partial charge in [0.15, 0.2) is 0 Å². The van der Waals surface area contributed by atoms with Crippen LogP contribution in [0.5, 0.6) is 0 Å². The SMILES string of the molecule is CCC1=C(CC)C(CC)(CC)C(CC)(CC)C(CC)(CC)C1CC. The summed E-state index contributed by atoms with van der Waals surface area (Å²) in [6, 6.07) is 0. The average molecular weight is 335 g/mol. The van der Waals surface area contributed by atoms with Crippen molar-refractivity contribution >= 4 is 0 Å². The molecule has 0 heteroatoms. The zero-order valence-corrected chi connectivity index (χ0v) is 18.4. The van der Waals surface area contributed by atoms with Gasteiger partial charge in [-0.2, -0.15) is 0 Å². The van der Waals surface area contributed by atoms with Crippen molar-refractivity contribution in [1.82, 2.24) is 0 Å². The lowest BCUT2D eigenvalue weighted by atomic mass is 9.36. The van der Waals surface area contributed by atoms with Crippen LogP contribution in [0.4, 0.5) is 0 Å². The summed E-state index contributed by atoms with van der Waals surface area (Å²) in [5.41, 5.74) is 5.06. The van der Waals surface area contributed by atoms with Crippen LogP contribution in [0.2, 0.25) is 0 Å². The highest BCUT2D eigenvalue weighted by molar-refractivity contribution is 5.36. The predicted octanol–water partition coefficient (Wildman–Crippen LogP) is 8.56. The fourth-order valence-corrected chi connectivity index (χ4v) is 8.02. The zero-order chi connectivity index (χ0) is 18.6. The number of hydrogen-bond donors (Lipinski definition) is 0. The minimum Gasteiger partial charge on any atom is -0.0670 e. The Morgan fingerprint density at radius 2 is 1.12 bits per heavy atom. The van der Waals surface area contributed by atoms with Crippen LogP contribution in [0, 0.1) is 22.2 Å². The van der Waals surface area contributed by atoms with E-state index in [2.05, 4.69) is 62.3 Å². The molecule has 0 spiro atoms. The summed E-state index contributed by atoms with van der Waals surface area (Å²) < 4.78 is 0. The summed E-state index contributed by atoms with van der Waals surface area (Å²) in [5, 5.41) is 0. The van der Waals surface area contributed by atoms with E-state index in [0.717, 1.165) is 5.92 Å². The molecule has 24 heavy (non-hydrogen) atoms. The maximum Gasteiger partial charge on any atom is -0.00290 e. The maximum absolute atomic E-state index is 2.50. The van der Waals surface area contributed by atoms with E-state index in [0.29, 0.717) is 16.2 Å². The van der Waals surface area contributed by atoms with Gasteiger partial charge in [-0.15, -0.1) is 0 Å². The van der Waals surface area contributed by atoms with E-state index in [1.165, 1.54) is 57.8 Å². The molecule has 0 saturated heterocycles. The lowest BCUT2D eigenvalue weighted by Gasteiger charge is -2.68. The van der Waals surface area contributed by atoms with Crippen molar-refractivity contribution < 1.29 is 0 Å². The summed E-state index contributed by atoms with van der Waals surface area (Å²) in [4.78, 5) is 0. The van der Waals surface area contributed by atoms with Gasteiger partial charge in [-0.05, 0) is 80.0 Å². The molecule has 0 amide bonds. The van der Waals surface area contributed by atoms with E-state index < -0.39 is 0 Å². The third-order valence-electron chi connectivity index (χ3n) is 8.74. The topological polar surface area (TPSA) is 0 Å². The van der Waals surface area contributed by atoms with Crippen molar-refractivity contribution in [3.05, 3.63) is 11.1 Å². The van der Waals surface area contributed by atoms with Crippen molar-refractivity contribution in [2.75, 3.05) is 0 Å². The fraction of sp³-hybridized carbons (Fsp3) is 0.917. The Bertz CT molecular complexity index is 413. The number of hydrogen-bond acceptors (Lipinski definition) is 0. The highest BCUT2D eigenvalue weighted by Crippen LogP contribution is 2.72. The van der Waals surface area contributed by atoms with Gasteiger partial charge in [-0.25, -0.2) is 0 Å². The van der Waals surface area contributed by atoms with Crippen LogP contribution in [0.25, 0.3) is 0 Å². The van der Waals surface area contributed by atoms with Crippen LogP contribution >= 0.6 is 0 Å². The van der Waals surface area contributed by atoms with Crippen molar-refractivity contribution in [3.8, 4) is 0 Å². The molecule has 142 valence electrons. The molecule has 0 aliphatic heterocycles. The lowest BCUT2D eigenvalue weighted by molar-refractivity contribution is -0.133. The van der Waals surface area contributed by atoms with Gasteiger partial charge in [0.2, 0.25) is 0 Å². The maximum atomic E-state index is 2.50. The molecule has 0 bridgehead atoms. The molecular formula is C24H46. The minimum atomic E-state index is 0.411. The van der Waals surface area contributed by atoms with E-state index >= 15 is 0 Å². The van der Waals surface area contributed by atoms with Gasteiger partial charge in [-0.3, -0.25) is 0 Å². The van der Waals surface area contributed by atoms with Gasteiger partial charge in [0, 0.05) is 0 Å². The molecule has 1 aliphatic rings. The molecule has 1 atom stereocenters. The van der Waals surface area contributed by atoms with Crippen LogP contribution in [0.3, 0.4) is 0 Å². The summed E-state index contributed by atoms with van der Waals surface area (Å²) in [7, 11) is 0. The van der Waals surface area contributed by atoms with Gasteiger partial charge >= 0.3 is 0 Å². The quantitative estimate of drug-likeness (QED) is 0.370. The molecule has 0 heterocycles. The van der Waals surface area contributed by atoms with Crippen LogP contribution in [-0.4, -0.2) is 0 Å². The monoisotopic (exact) mass is 334 g/mol. The molecule has 1 aliphatic carbocycles. The Hall–Kier alpha value is -0.260. The van der Waals surface area contributed by atoms with Gasteiger partial charge in [0.05, 0.1) is 0 Å². The first-order valence-corrected chi connectivity index (χ1v) is 11.2. The first-order chi connectivity index (χ1) is 11.5. The van der Waals surface area contributed by atoms with Crippen LogP contribution in [0.1, 0.15) is 120 Å². The molecule has 0 radical (unpaired) electrons. The van der Waals surface area contributed by atoms with Gasteiger partial charge < -0.3 is 0 Å². The summed E-state index contributed by atoms with van der Waals surface area (Å²) in [6.07, 6.45) is 11.8. The lowest BCUT2D eigenvalue weighted by Crippen LogP contribution is -2.60. The molecule has 0 nitrogen and oxygen atoms in total. The van der Waals surface area contributed by atoms with Crippen molar-refractivity contribution in [1.29, 1.82) is 0 Å². The molecule has 0 aromatic rings. The van der Waals surface area contributed by atoms with Gasteiger partial charge in [0.1, 0.15) is 0 Å². The number of allylic oxidation sites excluding steroid dienone is 2. The normalized spacial score (nSPS) is 25.1. The summed E-state index contributed by atoms with van der Waals surface area (Å²) >= 11 is 0. The molecule has 0 fully saturated rings. The molecule has 1 unspecified atom stereocenters. The number of rotatable bonds is 9. The highest BCUT2D eigenvalue weighted by atomic mass is 14.7. The first-order valence-electron chi connectivity index (χ1n) is 11.2. The molecular weight excluding hydrogens is 288 g/mol. The van der Waals surface area contributed by atoms with Crippen molar-refractivity contribution in [2.45, 2.75) is 120 Å². The highest BCUT2D eigenvalue weighted by Gasteiger charge is 2.64. The Morgan fingerprint density at radius 3 is 1.38 bits per heavy atom. The zero-order valence-electron chi connectivity index (χ0n) is 18.4. The Morgan fingerprint density at radius 1 is 0.625 bits per heavy atom. The van der Waals surface area contributed by atoms with Crippen molar-refractivity contribution in [3.63, 3.8) is 0 Å². The summed E-state index contributed by atoms with van der Waals surface area (Å²) in [5.74, 6) is 0.790. The predicted molar refractivity (Wildman–Crippen MR) is 110 cm³/mol. The van der Waals surface area contributed by atoms with E-state index in [9.17, 15) is 0 Å². The second-order valence-corrected chi connectivity index (χ2v) is 8.11. The molecule has 1 rings (SSSR count). The van der Waals surface area contributed by atoms with Crippen LogP contribution in [-0.2, 0) is 0 Å². The smallest absolute Gasteiger partial charge is 0.00290 e. The van der Waals surface area contributed by atoms with Crippen LogP contribution in [0.15, 0.2) is 11.1 Å².